The molecule has 1 unspecified atom stereocenters. The molecule has 0 bridgehead atoms. The summed E-state index contributed by atoms with van der Waals surface area (Å²) < 4.78 is 12.0. The van der Waals surface area contributed by atoms with Gasteiger partial charge in [0.1, 0.15) is 17.1 Å². The fourth-order valence-electron chi connectivity index (χ4n) is 3.03. The third kappa shape index (κ3) is 3.06. The van der Waals surface area contributed by atoms with Crippen molar-refractivity contribution in [1.82, 2.24) is 4.90 Å². The second-order valence-corrected chi connectivity index (χ2v) is 5.86. The molecule has 1 spiro atoms. The van der Waals surface area contributed by atoms with E-state index >= 15 is 0 Å². The van der Waals surface area contributed by atoms with Crippen LogP contribution in [0.15, 0.2) is 24.3 Å². The van der Waals surface area contributed by atoms with Crippen LogP contribution in [0.3, 0.4) is 0 Å². The largest absolute Gasteiger partial charge is 0.494 e. The summed E-state index contributed by atoms with van der Waals surface area (Å²) in [4.78, 5) is 2.37. The van der Waals surface area contributed by atoms with E-state index in [-0.39, 0.29) is 5.60 Å². The van der Waals surface area contributed by atoms with Crippen LogP contribution in [0.2, 0.25) is 0 Å². The van der Waals surface area contributed by atoms with Gasteiger partial charge in [-0.2, -0.15) is 0 Å². The lowest BCUT2D eigenvalue weighted by Crippen LogP contribution is -2.39. The summed E-state index contributed by atoms with van der Waals surface area (Å²) in [7, 11) is 0. The van der Waals surface area contributed by atoms with E-state index in [9.17, 15) is 0 Å². The number of fused-ring (bicyclic) bond motifs is 1. The van der Waals surface area contributed by atoms with Gasteiger partial charge >= 0.3 is 0 Å². The Morgan fingerprint density at radius 3 is 3.14 bits per heavy atom. The highest BCUT2D eigenvalue weighted by molar-refractivity contribution is 5.63. The first-order chi connectivity index (χ1) is 10.2. The molecule has 1 atom stereocenters. The van der Waals surface area contributed by atoms with E-state index in [0.717, 1.165) is 56.1 Å². The minimum Gasteiger partial charge on any atom is -0.494 e. The lowest BCUT2D eigenvalue weighted by atomic mass is 9.97. The molecule has 114 valence electrons. The summed E-state index contributed by atoms with van der Waals surface area (Å²) in [6.45, 7) is 6.48. The Hall–Kier alpha value is -1.52. The standard InChI is InChI=1S/C17H24N2O2/c1-2-11-20-15-3-4-16-14(12-15)5-6-17(21-16)7-9-19(13-17)10-8-18/h3-6,12H,2,7-11,13,18H2,1H3. The third-order valence-corrected chi connectivity index (χ3v) is 4.12. The molecular formula is C17H24N2O2. The highest BCUT2D eigenvalue weighted by atomic mass is 16.5. The number of likely N-dealkylation sites (tertiary alicyclic amines) is 1. The van der Waals surface area contributed by atoms with Gasteiger partial charge in [-0.25, -0.2) is 0 Å². The average Bonchev–Trinajstić information content (AvgIpc) is 2.88. The number of hydrogen-bond donors (Lipinski definition) is 1. The van der Waals surface area contributed by atoms with Crippen molar-refractivity contribution >= 4 is 6.08 Å². The van der Waals surface area contributed by atoms with Gasteiger partial charge in [0.2, 0.25) is 0 Å². The summed E-state index contributed by atoms with van der Waals surface area (Å²) >= 11 is 0. The molecule has 2 aliphatic heterocycles. The highest BCUT2D eigenvalue weighted by Gasteiger charge is 2.39. The molecule has 0 saturated carbocycles. The van der Waals surface area contributed by atoms with Crippen molar-refractivity contribution in [3.63, 3.8) is 0 Å². The van der Waals surface area contributed by atoms with Crippen molar-refractivity contribution in [2.45, 2.75) is 25.4 Å². The molecule has 1 aromatic carbocycles. The van der Waals surface area contributed by atoms with Crippen molar-refractivity contribution in [3.8, 4) is 11.5 Å². The fraction of sp³-hybridized carbons (Fsp3) is 0.529. The van der Waals surface area contributed by atoms with Gasteiger partial charge in [0, 0.05) is 38.2 Å². The monoisotopic (exact) mass is 288 g/mol. The summed E-state index contributed by atoms with van der Waals surface area (Å²) in [6.07, 6.45) is 6.42. The molecule has 2 aliphatic rings. The average molecular weight is 288 g/mol. The molecule has 0 radical (unpaired) electrons. The Bertz CT molecular complexity index is 530. The van der Waals surface area contributed by atoms with E-state index in [2.05, 4.69) is 30.0 Å². The van der Waals surface area contributed by atoms with E-state index in [1.54, 1.807) is 0 Å². The normalized spacial score (nSPS) is 24.1. The summed E-state index contributed by atoms with van der Waals surface area (Å²) in [5.41, 5.74) is 6.58. The summed E-state index contributed by atoms with van der Waals surface area (Å²) in [5.74, 6) is 1.87. The number of benzene rings is 1. The van der Waals surface area contributed by atoms with E-state index in [4.69, 9.17) is 15.2 Å². The van der Waals surface area contributed by atoms with Crippen LogP contribution in [0.4, 0.5) is 0 Å². The molecule has 4 heteroatoms. The summed E-state index contributed by atoms with van der Waals surface area (Å²) in [6, 6.07) is 6.08. The number of hydrogen-bond acceptors (Lipinski definition) is 4. The minimum absolute atomic E-state index is 0.173. The number of nitrogens with zero attached hydrogens (tertiary/aromatic N) is 1. The quantitative estimate of drug-likeness (QED) is 0.903. The zero-order valence-corrected chi connectivity index (χ0v) is 12.7. The van der Waals surface area contributed by atoms with Crippen molar-refractivity contribution in [2.75, 3.05) is 32.8 Å². The van der Waals surface area contributed by atoms with E-state index in [1.807, 2.05) is 12.1 Å². The van der Waals surface area contributed by atoms with Gasteiger partial charge in [-0.05, 0) is 30.7 Å². The Balaban J connectivity index is 1.73. The molecule has 2 heterocycles. The maximum Gasteiger partial charge on any atom is 0.141 e. The molecule has 21 heavy (non-hydrogen) atoms. The maximum absolute atomic E-state index is 6.29. The van der Waals surface area contributed by atoms with Gasteiger partial charge in [-0.1, -0.05) is 13.0 Å². The molecule has 0 amide bonds. The SMILES string of the molecule is CCCOc1ccc2c(c1)C=CC1(CCN(CCN)C1)O2. The lowest BCUT2D eigenvalue weighted by molar-refractivity contribution is 0.123. The van der Waals surface area contributed by atoms with Gasteiger partial charge in [0.25, 0.3) is 0 Å². The van der Waals surface area contributed by atoms with Gasteiger partial charge in [0.15, 0.2) is 0 Å². The molecular weight excluding hydrogens is 264 g/mol. The van der Waals surface area contributed by atoms with Crippen LogP contribution in [-0.4, -0.2) is 43.3 Å². The molecule has 1 aromatic rings. The molecule has 0 aliphatic carbocycles. The lowest BCUT2D eigenvalue weighted by Gasteiger charge is -2.31. The van der Waals surface area contributed by atoms with Crippen LogP contribution in [0.5, 0.6) is 11.5 Å². The van der Waals surface area contributed by atoms with E-state index in [0.29, 0.717) is 6.54 Å². The van der Waals surface area contributed by atoms with Gasteiger partial charge in [-0.3, -0.25) is 4.90 Å². The molecule has 2 N–H and O–H groups in total. The molecule has 1 fully saturated rings. The first-order valence-corrected chi connectivity index (χ1v) is 7.82. The molecule has 3 rings (SSSR count). The number of rotatable bonds is 5. The second-order valence-electron chi connectivity index (χ2n) is 5.86. The number of ether oxygens (including phenoxy) is 2. The van der Waals surface area contributed by atoms with Gasteiger partial charge in [0.05, 0.1) is 6.61 Å². The molecule has 1 saturated heterocycles. The Labute approximate surface area is 126 Å². The minimum atomic E-state index is -0.173. The smallest absolute Gasteiger partial charge is 0.141 e. The van der Waals surface area contributed by atoms with Crippen LogP contribution >= 0.6 is 0 Å². The Morgan fingerprint density at radius 2 is 2.33 bits per heavy atom. The third-order valence-electron chi connectivity index (χ3n) is 4.12. The first-order valence-electron chi connectivity index (χ1n) is 7.82. The zero-order valence-electron chi connectivity index (χ0n) is 12.7. The van der Waals surface area contributed by atoms with Crippen LogP contribution < -0.4 is 15.2 Å². The highest BCUT2D eigenvalue weighted by Crippen LogP contribution is 2.37. The number of nitrogens with two attached hydrogens (primary N) is 1. The summed E-state index contributed by atoms with van der Waals surface area (Å²) in [5, 5.41) is 0. The molecule has 0 aromatic heterocycles. The predicted molar refractivity (Wildman–Crippen MR) is 84.7 cm³/mol. The second kappa shape index (κ2) is 6.08. The van der Waals surface area contributed by atoms with Crippen molar-refractivity contribution in [3.05, 3.63) is 29.8 Å². The maximum atomic E-state index is 6.29. The van der Waals surface area contributed by atoms with E-state index in [1.165, 1.54) is 0 Å². The predicted octanol–water partition coefficient (Wildman–Crippen LogP) is 2.28. The fourth-order valence-corrected chi connectivity index (χ4v) is 3.03. The van der Waals surface area contributed by atoms with Crippen molar-refractivity contribution in [2.24, 2.45) is 5.73 Å². The van der Waals surface area contributed by atoms with Crippen molar-refractivity contribution in [1.29, 1.82) is 0 Å². The topological polar surface area (TPSA) is 47.7 Å². The van der Waals surface area contributed by atoms with Crippen molar-refractivity contribution < 1.29 is 9.47 Å². The van der Waals surface area contributed by atoms with E-state index < -0.39 is 0 Å². The zero-order chi connectivity index (χ0) is 14.7. The van der Waals surface area contributed by atoms with Crippen LogP contribution in [0.1, 0.15) is 25.3 Å². The molecule has 4 nitrogen and oxygen atoms in total. The Kier molecular flexibility index (Phi) is 4.17. The van der Waals surface area contributed by atoms with Gasteiger partial charge < -0.3 is 15.2 Å². The van der Waals surface area contributed by atoms with Crippen LogP contribution in [-0.2, 0) is 0 Å². The van der Waals surface area contributed by atoms with Crippen LogP contribution in [0.25, 0.3) is 6.08 Å². The van der Waals surface area contributed by atoms with Gasteiger partial charge in [-0.15, -0.1) is 0 Å². The van der Waals surface area contributed by atoms with Crippen LogP contribution in [0, 0.1) is 0 Å². The first kappa shape index (κ1) is 14.4. The Morgan fingerprint density at radius 1 is 1.43 bits per heavy atom.